The minimum absolute atomic E-state index is 0.132. The number of benzene rings is 2. The predicted molar refractivity (Wildman–Crippen MR) is 114 cm³/mol. The van der Waals surface area contributed by atoms with E-state index in [2.05, 4.69) is 10.6 Å². The van der Waals surface area contributed by atoms with Crippen LogP contribution in [0, 0.1) is 0 Å². The molecule has 2 amide bonds. The molecular formula is C21H25N3O5S. The number of rotatable bonds is 5. The summed E-state index contributed by atoms with van der Waals surface area (Å²) in [4.78, 5) is 23.8. The van der Waals surface area contributed by atoms with Gasteiger partial charge in [0, 0.05) is 37.0 Å². The summed E-state index contributed by atoms with van der Waals surface area (Å²) in [6, 6.07) is 12.6. The Bertz CT molecular complexity index is 1030. The maximum Gasteiger partial charge on any atom is 0.255 e. The van der Waals surface area contributed by atoms with Crippen molar-refractivity contribution in [2.24, 2.45) is 0 Å². The molecule has 2 aromatic rings. The van der Waals surface area contributed by atoms with Crippen LogP contribution < -0.4 is 10.6 Å². The van der Waals surface area contributed by atoms with E-state index in [9.17, 15) is 18.0 Å². The number of nitrogens with one attached hydrogen (secondary N) is 2. The van der Waals surface area contributed by atoms with Crippen LogP contribution in [0.5, 0.6) is 0 Å². The van der Waals surface area contributed by atoms with Gasteiger partial charge in [-0.1, -0.05) is 6.07 Å². The molecule has 1 fully saturated rings. The Morgan fingerprint density at radius 3 is 2.10 bits per heavy atom. The zero-order valence-corrected chi connectivity index (χ0v) is 17.9. The molecular weight excluding hydrogens is 406 g/mol. The van der Waals surface area contributed by atoms with Gasteiger partial charge in [0.25, 0.3) is 5.91 Å². The van der Waals surface area contributed by atoms with Crippen molar-refractivity contribution < 1.29 is 22.7 Å². The summed E-state index contributed by atoms with van der Waals surface area (Å²) in [5.41, 5.74) is 1.40. The molecule has 0 spiro atoms. The van der Waals surface area contributed by atoms with E-state index < -0.39 is 10.0 Å². The molecule has 1 heterocycles. The number of anilines is 2. The summed E-state index contributed by atoms with van der Waals surface area (Å²) >= 11 is 0. The van der Waals surface area contributed by atoms with E-state index >= 15 is 0 Å². The van der Waals surface area contributed by atoms with Crippen LogP contribution in [0.4, 0.5) is 11.4 Å². The van der Waals surface area contributed by atoms with Crippen molar-refractivity contribution in [1.82, 2.24) is 4.31 Å². The zero-order chi connectivity index (χ0) is 21.9. The van der Waals surface area contributed by atoms with Gasteiger partial charge in [-0.2, -0.15) is 4.31 Å². The molecule has 8 nitrogen and oxygen atoms in total. The van der Waals surface area contributed by atoms with Crippen LogP contribution in [0.3, 0.4) is 0 Å². The van der Waals surface area contributed by atoms with Gasteiger partial charge in [0.15, 0.2) is 0 Å². The molecule has 1 aliphatic heterocycles. The van der Waals surface area contributed by atoms with Gasteiger partial charge in [-0.3, -0.25) is 9.59 Å². The molecule has 2 atom stereocenters. The van der Waals surface area contributed by atoms with E-state index in [1.54, 1.807) is 24.3 Å². The van der Waals surface area contributed by atoms with Crippen molar-refractivity contribution in [3.05, 3.63) is 54.1 Å². The Labute approximate surface area is 176 Å². The standard InChI is InChI=1S/C21H25N3O5S/c1-14-12-24(13-15(2)29-14)30(27,28)20-9-7-17(8-10-20)21(26)23-19-6-4-5-18(11-19)22-16(3)25/h4-11,14-15H,12-13H2,1-3H3,(H,22,25)(H,23,26). The molecule has 0 saturated carbocycles. The Balaban J connectivity index is 1.72. The first-order chi connectivity index (χ1) is 14.1. The average Bonchev–Trinajstić information content (AvgIpc) is 2.67. The van der Waals surface area contributed by atoms with Gasteiger partial charge in [-0.25, -0.2) is 8.42 Å². The van der Waals surface area contributed by atoms with E-state index in [-0.39, 0.29) is 28.9 Å². The molecule has 2 unspecified atom stereocenters. The van der Waals surface area contributed by atoms with E-state index in [1.165, 1.54) is 35.5 Å². The lowest BCUT2D eigenvalue weighted by Crippen LogP contribution is -2.48. The minimum Gasteiger partial charge on any atom is -0.373 e. The smallest absolute Gasteiger partial charge is 0.255 e. The second kappa shape index (κ2) is 8.95. The Morgan fingerprint density at radius 2 is 1.53 bits per heavy atom. The van der Waals surface area contributed by atoms with Gasteiger partial charge in [-0.05, 0) is 56.3 Å². The van der Waals surface area contributed by atoms with Crippen molar-refractivity contribution in [1.29, 1.82) is 0 Å². The lowest BCUT2D eigenvalue weighted by molar-refractivity contribution is -0.114. The number of morpholine rings is 1. The van der Waals surface area contributed by atoms with Crippen LogP contribution in [-0.4, -0.2) is 49.8 Å². The lowest BCUT2D eigenvalue weighted by Gasteiger charge is -2.34. The molecule has 0 aliphatic carbocycles. The topological polar surface area (TPSA) is 105 Å². The number of hydrogen-bond acceptors (Lipinski definition) is 5. The van der Waals surface area contributed by atoms with E-state index in [4.69, 9.17) is 4.74 Å². The number of carbonyl (C=O) groups excluding carboxylic acids is 2. The third-order valence-electron chi connectivity index (χ3n) is 4.58. The molecule has 2 aromatic carbocycles. The molecule has 1 aliphatic rings. The fourth-order valence-corrected chi connectivity index (χ4v) is 4.93. The van der Waals surface area contributed by atoms with Crippen LogP contribution in [0.2, 0.25) is 0 Å². The molecule has 0 radical (unpaired) electrons. The number of carbonyl (C=O) groups is 2. The van der Waals surface area contributed by atoms with Crippen molar-refractivity contribution in [2.45, 2.75) is 37.9 Å². The van der Waals surface area contributed by atoms with Crippen LogP contribution in [-0.2, 0) is 19.6 Å². The minimum atomic E-state index is -3.66. The summed E-state index contributed by atoms with van der Waals surface area (Å²) in [6.45, 7) is 5.66. The Morgan fingerprint density at radius 1 is 0.967 bits per heavy atom. The number of hydrogen-bond donors (Lipinski definition) is 2. The van der Waals surface area contributed by atoms with Crippen molar-refractivity contribution in [3.63, 3.8) is 0 Å². The van der Waals surface area contributed by atoms with Gasteiger partial charge in [0.2, 0.25) is 15.9 Å². The van der Waals surface area contributed by atoms with Crippen molar-refractivity contribution in [2.75, 3.05) is 23.7 Å². The zero-order valence-electron chi connectivity index (χ0n) is 17.1. The van der Waals surface area contributed by atoms with E-state index in [0.29, 0.717) is 30.0 Å². The van der Waals surface area contributed by atoms with Gasteiger partial charge in [-0.15, -0.1) is 0 Å². The van der Waals surface area contributed by atoms with Gasteiger partial charge in [0.1, 0.15) is 0 Å². The fraction of sp³-hybridized carbons (Fsp3) is 0.333. The monoisotopic (exact) mass is 431 g/mol. The molecule has 1 saturated heterocycles. The summed E-state index contributed by atoms with van der Waals surface area (Å²) in [5, 5.41) is 5.39. The first kappa shape index (κ1) is 21.9. The summed E-state index contributed by atoms with van der Waals surface area (Å²) < 4.78 is 32.8. The number of nitrogens with zero attached hydrogens (tertiary/aromatic N) is 1. The van der Waals surface area contributed by atoms with Crippen LogP contribution in [0.25, 0.3) is 0 Å². The van der Waals surface area contributed by atoms with Crippen LogP contribution in [0.1, 0.15) is 31.1 Å². The maximum absolute atomic E-state index is 12.9. The quantitative estimate of drug-likeness (QED) is 0.757. The second-order valence-electron chi connectivity index (χ2n) is 7.32. The van der Waals surface area contributed by atoms with Gasteiger partial charge >= 0.3 is 0 Å². The van der Waals surface area contributed by atoms with Crippen LogP contribution >= 0.6 is 0 Å². The highest BCUT2D eigenvalue weighted by Crippen LogP contribution is 2.22. The maximum atomic E-state index is 12.9. The van der Waals surface area contributed by atoms with Crippen molar-refractivity contribution >= 4 is 33.2 Å². The summed E-state index contributed by atoms with van der Waals surface area (Å²) in [6.07, 6.45) is -0.358. The lowest BCUT2D eigenvalue weighted by atomic mass is 10.2. The SMILES string of the molecule is CC(=O)Nc1cccc(NC(=O)c2ccc(S(=O)(=O)N3CC(C)OC(C)C3)cc2)c1. The highest BCUT2D eigenvalue weighted by atomic mass is 32.2. The Hall–Kier alpha value is -2.75. The summed E-state index contributed by atoms with van der Waals surface area (Å²) in [7, 11) is -3.66. The fourth-order valence-electron chi connectivity index (χ4n) is 3.34. The molecule has 2 N–H and O–H groups in total. The predicted octanol–water partition coefficient (Wildman–Crippen LogP) is 2.70. The molecule has 30 heavy (non-hydrogen) atoms. The highest BCUT2D eigenvalue weighted by molar-refractivity contribution is 7.89. The molecule has 3 rings (SSSR count). The van der Waals surface area contributed by atoms with Crippen LogP contribution in [0.15, 0.2) is 53.4 Å². The van der Waals surface area contributed by atoms with E-state index in [0.717, 1.165) is 0 Å². The number of sulfonamides is 1. The third kappa shape index (κ3) is 5.24. The van der Waals surface area contributed by atoms with Crippen molar-refractivity contribution in [3.8, 4) is 0 Å². The number of amides is 2. The molecule has 9 heteroatoms. The van der Waals surface area contributed by atoms with E-state index in [1.807, 2.05) is 13.8 Å². The second-order valence-corrected chi connectivity index (χ2v) is 9.26. The average molecular weight is 432 g/mol. The normalized spacial score (nSPS) is 19.8. The first-order valence-electron chi connectivity index (χ1n) is 9.60. The highest BCUT2D eigenvalue weighted by Gasteiger charge is 2.32. The molecule has 0 bridgehead atoms. The largest absolute Gasteiger partial charge is 0.373 e. The summed E-state index contributed by atoms with van der Waals surface area (Å²) in [5.74, 6) is -0.591. The third-order valence-corrected chi connectivity index (χ3v) is 6.43. The van der Waals surface area contributed by atoms with Gasteiger partial charge < -0.3 is 15.4 Å². The number of ether oxygens (including phenoxy) is 1. The molecule has 160 valence electrons. The first-order valence-corrected chi connectivity index (χ1v) is 11.0. The Kier molecular flexibility index (Phi) is 6.55. The van der Waals surface area contributed by atoms with Gasteiger partial charge in [0.05, 0.1) is 17.1 Å². The molecule has 0 aromatic heterocycles.